The van der Waals surface area contributed by atoms with Crippen LogP contribution in [-0.4, -0.2) is 59.8 Å². The number of nitrogens with one attached hydrogen (secondary N) is 1. The molecule has 0 amide bonds. The first kappa shape index (κ1) is 25.7. The Morgan fingerprint density at radius 2 is 1.79 bits per heavy atom. The number of methoxy groups -OCH3 is 1. The van der Waals surface area contributed by atoms with Crippen LogP contribution in [0.5, 0.6) is 5.75 Å². The minimum atomic E-state index is -0.989. The van der Waals surface area contributed by atoms with Gasteiger partial charge >= 0.3 is 11.9 Å². The normalized spacial score (nSPS) is 20.9. The van der Waals surface area contributed by atoms with Crippen LogP contribution in [0.15, 0.2) is 60.9 Å². The summed E-state index contributed by atoms with van der Waals surface area (Å²) in [6.45, 7) is 4.81. The molecule has 8 heteroatoms. The number of carboxylic acid groups (broad SMARTS) is 1. The van der Waals surface area contributed by atoms with Crippen molar-refractivity contribution in [3.05, 3.63) is 77.6 Å². The van der Waals surface area contributed by atoms with E-state index in [4.69, 9.17) is 9.47 Å². The lowest BCUT2D eigenvalue weighted by Crippen LogP contribution is -2.52. The summed E-state index contributed by atoms with van der Waals surface area (Å²) >= 11 is 0. The lowest BCUT2D eigenvalue weighted by atomic mass is 9.86. The van der Waals surface area contributed by atoms with Crippen LogP contribution >= 0.6 is 0 Å². The highest BCUT2D eigenvalue weighted by molar-refractivity contribution is 5.96. The third kappa shape index (κ3) is 5.22. The van der Waals surface area contributed by atoms with Crippen LogP contribution in [0.4, 0.5) is 5.69 Å². The zero-order chi connectivity index (χ0) is 26.6. The van der Waals surface area contributed by atoms with Gasteiger partial charge in [-0.3, -0.25) is 9.88 Å². The van der Waals surface area contributed by atoms with Crippen LogP contribution in [0.25, 0.3) is 11.1 Å². The average Bonchev–Trinajstić information content (AvgIpc) is 2.96. The molecule has 3 aliphatic rings. The summed E-state index contributed by atoms with van der Waals surface area (Å²) in [7, 11) is 1.60. The predicted octanol–water partition coefficient (Wildman–Crippen LogP) is 4.81. The largest absolute Gasteiger partial charge is 0.497 e. The van der Waals surface area contributed by atoms with Crippen molar-refractivity contribution >= 4 is 17.6 Å². The molecule has 3 saturated heterocycles. The van der Waals surface area contributed by atoms with Gasteiger partial charge in [0.25, 0.3) is 0 Å². The van der Waals surface area contributed by atoms with Crippen molar-refractivity contribution < 1.29 is 24.2 Å². The van der Waals surface area contributed by atoms with Crippen LogP contribution in [0.1, 0.15) is 47.3 Å². The Morgan fingerprint density at radius 3 is 2.37 bits per heavy atom. The molecule has 2 atom stereocenters. The van der Waals surface area contributed by atoms with Gasteiger partial charge in [0, 0.05) is 30.2 Å². The summed E-state index contributed by atoms with van der Waals surface area (Å²) in [5, 5.41) is 13.3. The fraction of sp³-hybridized carbons (Fsp3) is 0.367. The second-order valence-electron chi connectivity index (χ2n) is 9.87. The predicted molar refractivity (Wildman–Crippen MR) is 144 cm³/mol. The molecule has 1 aromatic heterocycles. The lowest BCUT2D eigenvalue weighted by Gasteiger charge is -2.44. The monoisotopic (exact) mass is 515 g/mol. The van der Waals surface area contributed by atoms with Crippen molar-refractivity contribution in [3.8, 4) is 16.9 Å². The minimum Gasteiger partial charge on any atom is -0.497 e. The molecule has 2 N–H and O–H groups in total. The first-order valence-corrected chi connectivity index (χ1v) is 13.1. The highest BCUT2D eigenvalue weighted by Crippen LogP contribution is 2.37. The highest BCUT2D eigenvalue weighted by Gasteiger charge is 2.38. The average molecular weight is 516 g/mol. The van der Waals surface area contributed by atoms with Crippen molar-refractivity contribution in [2.24, 2.45) is 5.92 Å². The van der Waals surface area contributed by atoms with E-state index in [1.165, 1.54) is 0 Å². The molecule has 3 aliphatic heterocycles. The summed E-state index contributed by atoms with van der Waals surface area (Å²) in [5.41, 5.74) is 3.88. The number of carbonyl (C=O) groups is 2. The summed E-state index contributed by atoms with van der Waals surface area (Å²) in [4.78, 5) is 32.3. The number of carboxylic acids is 1. The first-order valence-electron chi connectivity index (χ1n) is 13.1. The van der Waals surface area contributed by atoms with Gasteiger partial charge in [0.1, 0.15) is 11.9 Å². The number of hydrogen-bond donors (Lipinski definition) is 2. The van der Waals surface area contributed by atoms with Gasteiger partial charge < -0.3 is 19.9 Å². The van der Waals surface area contributed by atoms with Crippen molar-refractivity contribution in [2.45, 2.75) is 38.3 Å². The number of aromatic carboxylic acids is 1. The number of nitrogens with zero attached hydrogens (tertiary/aromatic N) is 2. The van der Waals surface area contributed by atoms with E-state index in [2.05, 4.69) is 15.2 Å². The van der Waals surface area contributed by atoms with Crippen molar-refractivity contribution in [1.82, 2.24) is 9.88 Å². The number of esters is 1. The van der Waals surface area contributed by atoms with Gasteiger partial charge in [-0.2, -0.15) is 0 Å². The van der Waals surface area contributed by atoms with Gasteiger partial charge in [-0.25, -0.2) is 9.59 Å². The third-order valence-corrected chi connectivity index (χ3v) is 7.71. The number of anilines is 1. The number of carbonyl (C=O) groups excluding carboxylic acids is 1. The van der Waals surface area contributed by atoms with E-state index in [1.54, 1.807) is 31.6 Å². The summed E-state index contributed by atoms with van der Waals surface area (Å²) in [6, 6.07) is 13.6. The van der Waals surface area contributed by atoms with Crippen LogP contribution < -0.4 is 10.1 Å². The smallest absolute Gasteiger partial charge is 0.335 e. The topological polar surface area (TPSA) is 101 Å². The highest BCUT2D eigenvalue weighted by atomic mass is 16.5. The molecule has 8 nitrogen and oxygen atoms in total. The molecular formula is C30H33N3O5. The van der Waals surface area contributed by atoms with Crippen LogP contribution in [0.3, 0.4) is 0 Å². The SMILES string of the molecule is CCc1c(C(=O)O)ccc(NC(C(=O)O[C@H]2CN3CCC2CC3)c2ccc(OC)cc2)c1-c1ccncc1. The number of fused-ring (bicyclic) bond motifs is 3. The first-order chi connectivity index (χ1) is 18.5. The maximum atomic E-state index is 13.8. The van der Waals surface area contributed by atoms with E-state index in [9.17, 15) is 14.7 Å². The number of aromatic nitrogens is 1. The van der Waals surface area contributed by atoms with E-state index >= 15 is 0 Å². The van der Waals surface area contributed by atoms with E-state index in [-0.39, 0.29) is 17.6 Å². The quantitative estimate of drug-likeness (QED) is 0.392. The second kappa shape index (κ2) is 11.2. The molecule has 4 heterocycles. The Hall–Kier alpha value is -3.91. The number of ether oxygens (including phenoxy) is 2. The number of benzene rings is 2. The molecule has 1 unspecified atom stereocenters. The fourth-order valence-electron chi connectivity index (χ4n) is 5.68. The Bertz CT molecular complexity index is 1290. The zero-order valence-corrected chi connectivity index (χ0v) is 21.7. The van der Waals surface area contributed by atoms with Gasteiger partial charge in [0.2, 0.25) is 0 Å². The standard InChI is InChI=1S/C30H33N3O5/c1-3-23-24(29(34)35)8-9-25(27(23)20-10-14-31-15-11-20)32-28(21-4-6-22(37-2)7-5-21)30(36)38-26-18-33-16-12-19(26)13-17-33/h4-11,14-15,19,26,28,32H,3,12-13,16-18H2,1-2H3,(H,34,35)/t26-,28?/m0/s1. The summed E-state index contributed by atoms with van der Waals surface area (Å²) < 4.78 is 11.5. The molecule has 0 spiro atoms. The molecule has 0 saturated carbocycles. The number of pyridine rings is 1. The molecule has 6 rings (SSSR count). The van der Waals surface area contributed by atoms with Crippen LogP contribution in [0.2, 0.25) is 0 Å². The van der Waals surface area contributed by atoms with Gasteiger partial charge in [-0.1, -0.05) is 19.1 Å². The third-order valence-electron chi connectivity index (χ3n) is 7.71. The van der Waals surface area contributed by atoms with E-state index < -0.39 is 12.0 Å². The van der Waals surface area contributed by atoms with Gasteiger partial charge in [-0.05, 0) is 91.4 Å². The summed E-state index contributed by atoms with van der Waals surface area (Å²) in [6.07, 6.45) is 5.81. The van der Waals surface area contributed by atoms with Gasteiger partial charge in [0.05, 0.1) is 12.7 Å². The van der Waals surface area contributed by atoms with Crippen molar-refractivity contribution in [1.29, 1.82) is 0 Å². The van der Waals surface area contributed by atoms with Crippen molar-refractivity contribution in [3.63, 3.8) is 0 Å². The van der Waals surface area contributed by atoms with Crippen LogP contribution in [0, 0.1) is 5.92 Å². The maximum Gasteiger partial charge on any atom is 0.335 e. The molecular weight excluding hydrogens is 482 g/mol. The minimum absolute atomic E-state index is 0.132. The molecule has 198 valence electrons. The van der Waals surface area contributed by atoms with Crippen LogP contribution in [-0.2, 0) is 16.0 Å². The van der Waals surface area contributed by atoms with E-state index in [0.717, 1.165) is 49.2 Å². The number of piperidine rings is 3. The number of rotatable bonds is 9. The van der Waals surface area contributed by atoms with E-state index in [1.807, 2.05) is 43.3 Å². The molecule has 3 fully saturated rings. The zero-order valence-electron chi connectivity index (χ0n) is 21.7. The Labute approximate surface area is 222 Å². The fourth-order valence-corrected chi connectivity index (χ4v) is 5.68. The second-order valence-corrected chi connectivity index (χ2v) is 9.87. The Kier molecular flexibility index (Phi) is 7.60. The van der Waals surface area contributed by atoms with Crippen molar-refractivity contribution in [2.75, 3.05) is 32.1 Å². The van der Waals surface area contributed by atoms with E-state index in [0.29, 0.717) is 29.3 Å². The molecule has 0 aliphatic carbocycles. The molecule has 0 radical (unpaired) electrons. The maximum absolute atomic E-state index is 13.8. The molecule has 3 aromatic rings. The molecule has 38 heavy (non-hydrogen) atoms. The Balaban J connectivity index is 1.54. The van der Waals surface area contributed by atoms with Gasteiger partial charge in [-0.15, -0.1) is 0 Å². The lowest BCUT2D eigenvalue weighted by molar-refractivity contribution is -0.159. The molecule has 2 aromatic carbocycles. The Morgan fingerprint density at radius 1 is 1.08 bits per heavy atom. The number of hydrogen-bond acceptors (Lipinski definition) is 7. The molecule has 2 bridgehead atoms. The summed E-state index contributed by atoms with van der Waals surface area (Å²) in [5.74, 6) is -0.267. The van der Waals surface area contributed by atoms with Gasteiger partial charge in [0.15, 0.2) is 6.04 Å².